The van der Waals surface area contributed by atoms with Crippen molar-refractivity contribution in [1.29, 1.82) is 0 Å². The van der Waals surface area contributed by atoms with Gasteiger partial charge in [0.05, 0.1) is 5.92 Å². The van der Waals surface area contributed by atoms with Gasteiger partial charge in [-0.15, -0.1) is 0 Å². The highest BCUT2D eigenvalue weighted by Crippen LogP contribution is 2.53. The third-order valence-electron chi connectivity index (χ3n) is 5.99. The molecule has 0 spiro atoms. The number of phenolic OH excluding ortho intramolecular Hbond substituents is 6. The Labute approximate surface area is 200 Å². The molecule has 1 aliphatic rings. The first kappa shape index (κ1) is 22.0. The average molecular weight is 470 g/mol. The lowest BCUT2D eigenvalue weighted by Gasteiger charge is -2.21. The summed E-state index contributed by atoms with van der Waals surface area (Å²) in [5.41, 5.74) is 3.29. The number of rotatable bonds is 4. The summed E-state index contributed by atoms with van der Waals surface area (Å²) < 4.78 is 6.24. The molecule has 4 aromatic rings. The van der Waals surface area contributed by atoms with E-state index in [1.807, 2.05) is 6.08 Å². The van der Waals surface area contributed by atoms with Crippen molar-refractivity contribution in [3.8, 4) is 40.2 Å². The molecular formula is C28H22O7. The maximum Gasteiger partial charge on any atom is 0.157 e. The van der Waals surface area contributed by atoms with Crippen LogP contribution in [0.4, 0.5) is 0 Å². The lowest BCUT2D eigenvalue weighted by atomic mass is 9.82. The molecule has 0 unspecified atom stereocenters. The van der Waals surface area contributed by atoms with E-state index < -0.39 is 12.0 Å². The number of phenols is 6. The SMILES string of the molecule is Oc1ccc(/C=C\c2cc(O)cc3c2[C@@H](c2cc(O)cc(O)c2)[C@H](c2ccc(O)c(O)c2)O3)cc1. The Morgan fingerprint density at radius 1 is 0.571 bits per heavy atom. The van der Waals surface area contributed by atoms with Crippen LogP contribution in [0.1, 0.15) is 39.8 Å². The zero-order valence-corrected chi connectivity index (χ0v) is 18.3. The van der Waals surface area contributed by atoms with E-state index in [2.05, 4.69) is 0 Å². The van der Waals surface area contributed by atoms with Gasteiger partial charge in [0.15, 0.2) is 11.5 Å². The van der Waals surface area contributed by atoms with Crippen molar-refractivity contribution in [2.24, 2.45) is 0 Å². The van der Waals surface area contributed by atoms with Gasteiger partial charge in [-0.2, -0.15) is 0 Å². The number of hydrogen-bond acceptors (Lipinski definition) is 7. The van der Waals surface area contributed by atoms with Gasteiger partial charge in [0.2, 0.25) is 0 Å². The number of fused-ring (bicyclic) bond motifs is 1. The highest BCUT2D eigenvalue weighted by atomic mass is 16.5. The molecule has 2 atom stereocenters. The maximum absolute atomic E-state index is 10.4. The highest BCUT2D eigenvalue weighted by Gasteiger charge is 2.39. The lowest BCUT2D eigenvalue weighted by Crippen LogP contribution is -2.12. The third kappa shape index (κ3) is 4.27. The number of aromatic hydroxyl groups is 6. The summed E-state index contributed by atoms with van der Waals surface area (Å²) in [7, 11) is 0. The molecule has 7 heteroatoms. The molecule has 35 heavy (non-hydrogen) atoms. The number of hydrogen-bond donors (Lipinski definition) is 6. The molecular weight excluding hydrogens is 448 g/mol. The van der Waals surface area contributed by atoms with Crippen LogP contribution in [0, 0.1) is 0 Å². The van der Waals surface area contributed by atoms with Crippen LogP contribution in [0.3, 0.4) is 0 Å². The number of benzene rings is 4. The molecule has 0 saturated carbocycles. The third-order valence-corrected chi connectivity index (χ3v) is 5.99. The Bertz CT molecular complexity index is 1420. The van der Waals surface area contributed by atoms with Crippen LogP contribution < -0.4 is 4.74 Å². The van der Waals surface area contributed by atoms with Crippen molar-refractivity contribution >= 4 is 12.2 Å². The molecule has 0 aliphatic carbocycles. The lowest BCUT2D eigenvalue weighted by molar-refractivity contribution is 0.221. The largest absolute Gasteiger partial charge is 0.508 e. The first-order chi connectivity index (χ1) is 16.8. The van der Waals surface area contributed by atoms with Crippen molar-refractivity contribution in [3.63, 3.8) is 0 Å². The van der Waals surface area contributed by atoms with Crippen LogP contribution in [-0.4, -0.2) is 30.6 Å². The van der Waals surface area contributed by atoms with Crippen molar-refractivity contribution in [2.75, 3.05) is 0 Å². The summed E-state index contributed by atoms with van der Waals surface area (Å²) in [6.07, 6.45) is 2.94. The topological polar surface area (TPSA) is 131 Å². The monoisotopic (exact) mass is 470 g/mol. The predicted octanol–water partition coefficient (Wildman–Crippen LogP) is 5.36. The van der Waals surface area contributed by atoms with E-state index in [1.54, 1.807) is 42.5 Å². The fourth-order valence-corrected chi connectivity index (χ4v) is 4.45. The molecule has 0 saturated heterocycles. The van der Waals surface area contributed by atoms with Gasteiger partial charge in [0.1, 0.15) is 34.9 Å². The molecule has 0 radical (unpaired) electrons. The second-order valence-electron chi connectivity index (χ2n) is 8.42. The van der Waals surface area contributed by atoms with Gasteiger partial charge in [0.25, 0.3) is 0 Å². The van der Waals surface area contributed by atoms with E-state index in [1.165, 1.54) is 36.4 Å². The van der Waals surface area contributed by atoms with Crippen LogP contribution in [0.15, 0.2) is 72.8 Å². The zero-order chi connectivity index (χ0) is 24.7. The quantitative estimate of drug-likeness (QED) is 0.175. The van der Waals surface area contributed by atoms with E-state index in [4.69, 9.17) is 4.74 Å². The van der Waals surface area contributed by atoms with Gasteiger partial charge in [-0.05, 0) is 64.7 Å². The smallest absolute Gasteiger partial charge is 0.157 e. The Morgan fingerprint density at radius 2 is 1.26 bits per heavy atom. The summed E-state index contributed by atoms with van der Waals surface area (Å²) >= 11 is 0. The molecule has 0 bridgehead atoms. The van der Waals surface area contributed by atoms with Crippen LogP contribution in [0.25, 0.3) is 12.2 Å². The summed E-state index contributed by atoms with van der Waals surface area (Å²) in [6.45, 7) is 0. The van der Waals surface area contributed by atoms with Gasteiger partial charge in [-0.3, -0.25) is 0 Å². The second-order valence-corrected chi connectivity index (χ2v) is 8.42. The summed E-state index contributed by atoms with van der Waals surface area (Å²) in [5, 5.41) is 60.2. The average Bonchev–Trinajstić information content (AvgIpc) is 3.19. The fourth-order valence-electron chi connectivity index (χ4n) is 4.45. The van der Waals surface area contributed by atoms with Crippen LogP contribution in [0.2, 0.25) is 0 Å². The van der Waals surface area contributed by atoms with Gasteiger partial charge in [-0.1, -0.05) is 30.4 Å². The summed E-state index contributed by atoms with van der Waals surface area (Å²) in [6, 6.07) is 18.4. The molecule has 1 aliphatic heterocycles. The molecule has 0 fully saturated rings. The van der Waals surface area contributed by atoms with E-state index in [-0.39, 0.29) is 34.5 Å². The van der Waals surface area contributed by atoms with Crippen LogP contribution in [0.5, 0.6) is 40.2 Å². The molecule has 7 nitrogen and oxygen atoms in total. The minimum absolute atomic E-state index is 0.0131. The minimum Gasteiger partial charge on any atom is -0.508 e. The Hall–Kier alpha value is -4.78. The summed E-state index contributed by atoms with van der Waals surface area (Å²) in [4.78, 5) is 0. The number of ether oxygens (including phenoxy) is 1. The van der Waals surface area contributed by atoms with Gasteiger partial charge in [-0.25, -0.2) is 0 Å². The zero-order valence-electron chi connectivity index (χ0n) is 18.3. The van der Waals surface area contributed by atoms with Crippen LogP contribution >= 0.6 is 0 Å². The van der Waals surface area contributed by atoms with E-state index >= 15 is 0 Å². The van der Waals surface area contributed by atoms with Crippen molar-refractivity contribution < 1.29 is 35.4 Å². The first-order valence-electron chi connectivity index (χ1n) is 10.8. The predicted molar refractivity (Wildman–Crippen MR) is 130 cm³/mol. The highest BCUT2D eigenvalue weighted by molar-refractivity contribution is 5.75. The fraction of sp³-hybridized carbons (Fsp3) is 0.0714. The molecule has 176 valence electrons. The van der Waals surface area contributed by atoms with E-state index in [0.717, 1.165) is 5.56 Å². The minimum atomic E-state index is -0.694. The standard InChI is InChI=1S/C28H22O7/c29-19-6-2-15(3-7-19)1-4-16-9-22(32)14-25-26(16)27(18-10-20(30)13-21(31)11-18)28(35-25)17-5-8-23(33)24(34)12-17/h1-14,27-34H/b4-1-/t27-,28+/m1/s1. The van der Waals surface area contributed by atoms with Crippen molar-refractivity contribution in [2.45, 2.75) is 12.0 Å². The normalized spacial score (nSPS) is 16.8. The molecule has 0 aromatic heterocycles. The van der Waals surface area contributed by atoms with Gasteiger partial charge >= 0.3 is 0 Å². The van der Waals surface area contributed by atoms with Crippen molar-refractivity contribution in [3.05, 3.63) is 101 Å². The Kier molecular flexibility index (Phi) is 5.37. The molecule has 1 heterocycles. The first-order valence-corrected chi connectivity index (χ1v) is 10.8. The van der Waals surface area contributed by atoms with Gasteiger partial charge in [0, 0.05) is 17.7 Å². The van der Waals surface area contributed by atoms with Crippen molar-refractivity contribution in [1.82, 2.24) is 0 Å². The van der Waals surface area contributed by atoms with E-state index in [9.17, 15) is 30.6 Å². The maximum atomic E-state index is 10.4. The Morgan fingerprint density at radius 3 is 1.94 bits per heavy atom. The van der Waals surface area contributed by atoms with E-state index in [0.29, 0.717) is 28.0 Å². The second kappa shape index (κ2) is 8.53. The molecule has 4 aromatic carbocycles. The molecule has 5 rings (SSSR count). The molecule has 0 amide bonds. The summed E-state index contributed by atoms with van der Waals surface area (Å²) in [5.74, 6) is -0.826. The molecule has 6 N–H and O–H groups in total. The van der Waals surface area contributed by atoms with Gasteiger partial charge < -0.3 is 35.4 Å². The van der Waals surface area contributed by atoms with Crippen LogP contribution in [-0.2, 0) is 0 Å². The Balaban J connectivity index is 1.68.